The molecule has 2 aromatic carbocycles. The highest BCUT2D eigenvalue weighted by Gasteiger charge is 2.13. The zero-order valence-electron chi connectivity index (χ0n) is 12.8. The molecule has 2 aromatic rings. The Morgan fingerprint density at radius 1 is 1.00 bits per heavy atom. The van der Waals surface area contributed by atoms with Gasteiger partial charge in [0, 0.05) is 5.56 Å². The number of hydrogen-bond donors (Lipinski definition) is 2. The van der Waals surface area contributed by atoms with E-state index >= 15 is 0 Å². The van der Waals surface area contributed by atoms with Crippen LogP contribution >= 0.6 is 0 Å². The van der Waals surface area contributed by atoms with E-state index in [2.05, 4.69) is 0 Å². The lowest BCUT2D eigenvalue weighted by molar-refractivity contribution is -0.125. The van der Waals surface area contributed by atoms with Gasteiger partial charge >= 0.3 is 5.97 Å². The van der Waals surface area contributed by atoms with Crippen LogP contribution in [0.2, 0.25) is 0 Å². The molecule has 0 fully saturated rings. The summed E-state index contributed by atoms with van der Waals surface area (Å²) in [6.45, 7) is -0.647. The highest BCUT2D eigenvalue weighted by atomic mass is 19.1. The van der Waals surface area contributed by atoms with Crippen molar-refractivity contribution in [2.45, 2.75) is 0 Å². The fourth-order valence-corrected chi connectivity index (χ4v) is 1.79. The van der Waals surface area contributed by atoms with Crippen LogP contribution in [0.1, 0.15) is 31.1 Å². The van der Waals surface area contributed by atoms with Crippen LogP contribution in [0.5, 0.6) is 0 Å². The molecule has 2 N–H and O–H groups in total. The minimum atomic E-state index is -0.845. The van der Waals surface area contributed by atoms with E-state index in [-0.39, 0.29) is 11.1 Å². The summed E-state index contributed by atoms with van der Waals surface area (Å²) in [5, 5.41) is 0. The van der Waals surface area contributed by atoms with Crippen molar-refractivity contribution in [2.24, 2.45) is 0 Å². The quantitative estimate of drug-likeness (QED) is 0.483. The van der Waals surface area contributed by atoms with Crippen LogP contribution < -0.4 is 10.9 Å². The summed E-state index contributed by atoms with van der Waals surface area (Å²) in [6, 6.07) is 10.9. The first-order chi connectivity index (χ1) is 12.0. The van der Waals surface area contributed by atoms with Crippen LogP contribution in [0.3, 0.4) is 0 Å². The molecule has 0 radical (unpaired) electrons. The van der Waals surface area contributed by atoms with Crippen LogP contribution in [0, 0.1) is 5.82 Å². The Morgan fingerprint density at radius 3 is 2.32 bits per heavy atom. The van der Waals surface area contributed by atoms with Gasteiger partial charge in [0.05, 0.1) is 11.1 Å². The van der Waals surface area contributed by atoms with Crippen molar-refractivity contribution in [3.63, 3.8) is 0 Å². The van der Waals surface area contributed by atoms with Crippen LogP contribution in [0.4, 0.5) is 4.39 Å². The maximum Gasteiger partial charge on any atom is 0.338 e. The van der Waals surface area contributed by atoms with E-state index in [0.29, 0.717) is 11.8 Å². The van der Waals surface area contributed by atoms with Crippen molar-refractivity contribution < 1.29 is 28.3 Å². The van der Waals surface area contributed by atoms with Gasteiger partial charge in [0.25, 0.3) is 11.8 Å². The topological polar surface area (TPSA) is 102 Å². The number of rotatable bonds is 5. The summed E-state index contributed by atoms with van der Waals surface area (Å²) in [5.74, 6) is -3.16. The molecule has 0 saturated carbocycles. The third kappa shape index (κ3) is 4.96. The van der Waals surface area contributed by atoms with Crippen molar-refractivity contribution in [3.8, 4) is 0 Å². The normalized spacial score (nSPS) is 9.80. The predicted molar refractivity (Wildman–Crippen MR) is 84.1 cm³/mol. The Kier molecular flexibility index (Phi) is 5.94. The lowest BCUT2D eigenvalue weighted by atomic mass is 10.1. The lowest BCUT2D eigenvalue weighted by Gasteiger charge is -2.08. The second kappa shape index (κ2) is 8.34. The number of benzene rings is 2. The molecular formula is C17H13FN2O5. The van der Waals surface area contributed by atoms with Crippen LogP contribution in [-0.4, -0.2) is 30.7 Å². The maximum atomic E-state index is 13.4. The SMILES string of the molecule is O=Cc1ccc(C(=O)OCC(=O)NNC(=O)c2ccccc2F)cc1. The minimum absolute atomic E-state index is 0.161. The molecule has 0 saturated heterocycles. The second-order valence-electron chi connectivity index (χ2n) is 4.80. The molecule has 0 unspecified atom stereocenters. The van der Waals surface area contributed by atoms with Gasteiger partial charge in [-0.1, -0.05) is 24.3 Å². The molecule has 7 nitrogen and oxygen atoms in total. The van der Waals surface area contributed by atoms with E-state index in [1.807, 2.05) is 10.9 Å². The monoisotopic (exact) mass is 344 g/mol. The number of nitrogens with one attached hydrogen (secondary N) is 2. The number of hydrogen-bond acceptors (Lipinski definition) is 5. The van der Waals surface area contributed by atoms with Gasteiger partial charge in [-0.3, -0.25) is 25.2 Å². The Morgan fingerprint density at radius 2 is 1.68 bits per heavy atom. The van der Waals surface area contributed by atoms with Gasteiger partial charge in [0.1, 0.15) is 12.1 Å². The predicted octanol–water partition coefficient (Wildman–Crippen LogP) is 1.26. The molecule has 0 atom stereocenters. The second-order valence-corrected chi connectivity index (χ2v) is 4.80. The molecule has 2 amide bonds. The number of ether oxygens (including phenoxy) is 1. The average Bonchev–Trinajstić information content (AvgIpc) is 2.64. The molecular weight excluding hydrogens is 331 g/mol. The first kappa shape index (κ1) is 17.8. The van der Waals surface area contributed by atoms with Gasteiger partial charge in [0.2, 0.25) is 0 Å². The minimum Gasteiger partial charge on any atom is -0.452 e. The molecule has 0 aliphatic carbocycles. The molecule has 2 rings (SSSR count). The number of halogens is 1. The third-order valence-electron chi connectivity index (χ3n) is 3.05. The van der Waals surface area contributed by atoms with Crippen LogP contribution in [0.25, 0.3) is 0 Å². The first-order valence-corrected chi connectivity index (χ1v) is 7.07. The summed E-state index contributed by atoms with van der Waals surface area (Å²) < 4.78 is 18.2. The summed E-state index contributed by atoms with van der Waals surface area (Å²) in [4.78, 5) is 45.5. The largest absolute Gasteiger partial charge is 0.452 e. The summed E-state index contributed by atoms with van der Waals surface area (Å²) >= 11 is 0. The third-order valence-corrected chi connectivity index (χ3v) is 3.05. The van der Waals surface area contributed by atoms with E-state index in [0.717, 1.165) is 6.07 Å². The van der Waals surface area contributed by atoms with Gasteiger partial charge < -0.3 is 4.74 Å². The van der Waals surface area contributed by atoms with E-state index < -0.39 is 30.2 Å². The molecule has 8 heteroatoms. The summed E-state index contributed by atoms with van der Waals surface area (Å²) in [7, 11) is 0. The van der Waals surface area contributed by atoms with Gasteiger partial charge in [-0.05, 0) is 24.3 Å². The van der Waals surface area contributed by atoms with Gasteiger partial charge in [-0.25, -0.2) is 9.18 Å². The Balaban J connectivity index is 1.80. The van der Waals surface area contributed by atoms with Crippen molar-refractivity contribution >= 4 is 24.1 Å². The van der Waals surface area contributed by atoms with Crippen molar-refractivity contribution in [1.82, 2.24) is 10.9 Å². The number of carbonyl (C=O) groups excluding carboxylic acids is 4. The highest BCUT2D eigenvalue weighted by Crippen LogP contribution is 2.05. The molecule has 25 heavy (non-hydrogen) atoms. The van der Waals surface area contributed by atoms with Gasteiger partial charge in [0.15, 0.2) is 6.61 Å². The zero-order chi connectivity index (χ0) is 18.2. The average molecular weight is 344 g/mol. The fourth-order valence-electron chi connectivity index (χ4n) is 1.79. The Hall–Kier alpha value is -3.55. The molecule has 0 heterocycles. The van der Waals surface area contributed by atoms with Gasteiger partial charge in [-0.2, -0.15) is 0 Å². The van der Waals surface area contributed by atoms with E-state index in [1.54, 1.807) is 0 Å². The first-order valence-electron chi connectivity index (χ1n) is 7.07. The van der Waals surface area contributed by atoms with Crippen molar-refractivity contribution in [1.29, 1.82) is 0 Å². The zero-order valence-corrected chi connectivity index (χ0v) is 12.8. The van der Waals surface area contributed by atoms with E-state index in [9.17, 15) is 23.6 Å². The number of amides is 2. The number of esters is 1. The Labute approximate surface area is 141 Å². The lowest BCUT2D eigenvalue weighted by Crippen LogP contribution is -2.43. The van der Waals surface area contributed by atoms with Crippen LogP contribution in [0.15, 0.2) is 48.5 Å². The number of carbonyl (C=O) groups is 4. The smallest absolute Gasteiger partial charge is 0.338 e. The summed E-state index contributed by atoms with van der Waals surface area (Å²) in [6.07, 6.45) is 0.626. The van der Waals surface area contributed by atoms with E-state index in [1.165, 1.54) is 42.5 Å². The molecule has 0 aromatic heterocycles. The maximum absolute atomic E-state index is 13.4. The summed E-state index contributed by atoms with van der Waals surface area (Å²) in [5.41, 5.74) is 4.33. The number of aldehydes is 1. The number of hydrazine groups is 1. The van der Waals surface area contributed by atoms with Crippen molar-refractivity contribution in [2.75, 3.05) is 6.61 Å². The molecule has 0 spiro atoms. The molecule has 128 valence electrons. The van der Waals surface area contributed by atoms with E-state index in [4.69, 9.17) is 4.74 Å². The highest BCUT2D eigenvalue weighted by molar-refractivity contribution is 5.96. The molecule has 0 aliphatic heterocycles. The molecule has 0 bridgehead atoms. The fraction of sp³-hybridized carbons (Fsp3) is 0.0588. The van der Waals surface area contributed by atoms with Crippen LogP contribution in [-0.2, 0) is 9.53 Å². The van der Waals surface area contributed by atoms with Crippen molar-refractivity contribution in [3.05, 3.63) is 71.0 Å². The van der Waals surface area contributed by atoms with Gasteiger partial charge in [-0.15, -0.1) is 0 Å². The standard InChI is InChI=1S/C17H13FN2O5/c18-14-4-2-1-3-13(14)16(23)20-19-15(22)10-25-17(24)12-7-5-11(9-21)6-8-12/h1-9H,10H2,(H,19,22)(H,20,23). The molecule has 0 aliphatic rings. The Bertz CT molecular complexity index is 805.